The summed E-state index contributed by atoms with van der Waals surface area (Å²) in [7, 11) is 1.85. The number of carbonyl (C=O) groups is 1. The average molecular weight is 276 g/mol. The van der Waals surface area contributed by atoms with Gasteiger partial charge in [0, 0.05) is 24.7 Å². The minimum atomic E-state index is 0.0459. The Bertz CT molecular complexity index is 412. The van der Waals surface area contributed by atoms with Gasteiger partial charge in [-0.15, -0.1) is 0 Å². The van der Waals surface area contributed by atoms with E-state index >= 15 is 0 Å². The number of anilines is 1. The van der Waals surface area contributed by atoms with E-state index < -0.39 is 0 Å². The largest absolute Gasteiger partial charge is 0.328 e. The third-order valence-electron chi connectivity index (χ3n) is 3.78. The van der Waals surface area contributed by atoms with Gasteiger partial charge in [-0.05, 0) is 43.9 Å². The molecule has 1 aromatic rings. The molecule has 112 valence electrons. The Morgan fingerprint density at radius 3 is 2.30 bits per heavy atom. The van der Waals surface area contributed by atoms with Crippen molar-refractivity contribution in [2.24, 2.45) is 11.7 Å². The molecule has 0 aromatic heterocycles. The van der Waals surface area contributed by atoms with Crippen molar-refractivity contribution in [3.8, 4) is 0 Å². The molecule has 0 spiro atoms. The summed E-state index contributed by atoms with van der Waals surface area (Å²) in [6.07, 6.45) is 3.91. The summed E-state index contributed by atoms with van der Waals surface area (Å²) in [6, 6.07) is 8.42. The quantitative estimate of drug-likeness (QED) is 0.830. The molecule has 3 nitrogen and oxygen atoms in total. The molecule has 0 bridgehead atoms. The minimum absolute atomic E-state index is 0.0459. The zero-order valence-corrected chi connectivity index (χ0v) is 13.2. The van der Waals surface area contributed by atoms with Gasteiger partial charge in [-0.25, -0.2) is 0 Å². The van der Waals surface area contributed by atoms with Crippen LogP contribution in [0.5, 0.6) is 0 Å². The first-order valence-corrected chi connectivity index (χ1v) is 7.57. The summed E-state index contributed by atoms with van der Waals surface area (Å²) < 4.78 is 0. The molecular formula is C17H28N2O. The van der Waals surface area contributed by atoms with Crippen LogP contribution in [0, 0.1) is 5.92 Å². The van der Waals surface area contributed by atoms with Crippen LogP contribution in [0.4, 0.5) is 5.69 Å². The number of hydrogen-bond acceptors (Lipinski definition) is 2. The van der Waals surface area contributed by atoms with E-state index in [-0.39, 0.29) is 17.9 Å². The molecule has 1 rings (SSSR count). The van der Waals surface area contributed by atoms with Crippen molar-refractivity contribution >= 4 is 11.6 Å². The van der Waals surface area contributed by atoms with Gasteiger partial charge in [-0.1, -0.05) is 32.4 Å². The van der Waals surface area contributed by atoms with E-state index in [1.165, 1.54) is 5.56 Å². The molecule has 0 heterocycles. The van der Waals surface area contributed by atoms with E-state index in [2.05, 4.69) is 19.1 Å². The second-order valence-electron chi connectivity index (χ2n) is 5.73. The molecule has 0 saturated heterocycles. The highest BCUT2D eigenvalue weighted by Crippen LogP contribution is 2.19. The number of amides is 1. The number of rotatable bonds is 7. The summed E-state index contributed by atoms with van der Waals surface area (Å²) in [6.45, 7) is 6.14. The Morgan fingerprint density at radius 2 is 1.80 bits per heavy atom. The summed E-state index contributed by atoms with van der Waals surface area (Å²) >= 11 is 0. The van der Waals surface area contributed by atoms with Crippen LogP contribution in [0.2, 0.25) is 0 Å². The van der Waals surface area contributed by atoms with Crippen molar-refractivity contribution in [3.05, 3.63) is 29.8 Å². The van der Waals surface area contributed by atoms with Gasteiger partial charge >= 0.3 is 0 Å². The fourth-order valence-electron chi connectivity index (χ4n) is 2.28. The predicted molar refractivity (Wildman–Crippen MR) is 85.9 cm³/mol. The second kappa shape index (κ2) is 8.05. The first-order chi connectivity index (χ1) is 9.45. The third-order valence-corrected chi connectivity index (χ3v) is 3.78. The number of aryl methyl sites for hydroxylation is 1. The normalized spacial score (nSPS) is 13.8. The zero-order valence-electron chi connectivity index (χ0n) is 13.2. The number of benzene rings is 1. The molecule has 2 unspecified atom stereocenters. The highest BCUT2D eigenvalue weighted by atomic mass is 16.2. The van der Waals surface area contributed by atoms with Crippen molar-refractivity contribution in [1.29, 1.82) is 0 Å². The van der Waals surface area contributed by atoms with Gasteiger partial charge in [0.1, 0.15) is 0 Å². The summed E-state index contributed by atoms with van der Waals surface area (Å²) in [5.41, 5.74) is 7.99. The molecule has 1 aromatic carbocycles. The molecule has 1 amide bonds. The van der Waals surface area contributed by atoms with Crippen LogP contribution in [-0.2, 0) is 11.2 Å². The van der Waals surface area contributed by atoms with Crippen LogP contribution in [0.3, 0.4) is 0 Å². The molecule has 0 aliphatic carbocycles. The molecule has 0 aliphatic rings. The highest BCUT2D eigenvalue weighted by Gasteiger charge is 2.18. The molecule has 0 saturated carbocycles. The maximum absolute atomic E-state index is 12.4. The molecular weight excluding hydrogens is 248 g/mol. The Morgan fingerprint density at radius 1 is 1.20 bits per heavy atom. The van der Waals surface area contributed by atoms with Crippen molar-refractivity contribution in [2.75, 3.05) is 11.9 Å². The molecule has 2 atom stereocenters. The Labute approximate surface area is 123 Å². The SMILES string of the molecule is CCc1ccc(N(C)C(=O)C(C)CCCC(C)N)cc1. The number of nitrogens with zero attached hydrogens (tertiary/aromatic N) is 1. The van der Waals surface area contributed by atoms with Gasteiger partial charge in [0.15, 0.2) is 0 Å². The van der Waals surface area contributed by atoms with Crippen LogP contribution in [0.1, 0.15) is 45.6 Å². The molecule has 3 heteroatoms. The monoisotopic (exact) mass is 276 g/mol. The lowest BCUT2D eigenvalue weighted by atomic mass is 10.0. The van der Waals surface area contributed by atoms with E-state index in [1.54, 1.807) is 4.90 Å². The van der Waals surface area contributed by atoms with Crippen LogP contribution < -0.4 is 10.6 Å². The third kappa shape index (κ3) is 4.97. The fraction of sp³-hybridized carbons (Fsp3) is 0.588. The summed E-state index contributed by atoms with van der Waals surface area (Å²) in [4.78, 5) is 14.1. The van der Waals surface area contributed by atoms with Gasteiger partial charge < -0.3 is 10.6 Å². The predicted octanol–water partition coefficient (Wildman–Crippen LogP) is 3.37. The zero-order chi connectivity index (χ0) is 15.1. The summed E-state index contributed by atoms with van der Waals surface area (Å²) in [5, 5.41) is 0. The van der Waals surface area contributed by atoms with E-state index in [1.807, 2.05) is 33.0 Å². The molecule has 2 N–H and O–H groups in total. The summed E-state index contributed by atoms with van der Waals surface area (Å²) in [5.74, 6) is 0.225. The maximum atomic E-state index is 12.4. The standard InChI is InChI=1S/C17H28N2O/c1-5-15-9-11-16(12-10-15)19(4)17(20)13(2)7-6-8-14(3)18/h9-14H,5-8,18H2,1-4H3. The van der Waals surface area contributed by atoms with Gasteiger partial charge in [0.05, 0.1) is 0 Å². The van der Waals surface area contributed by atoms with E-state index in [9.17, 15) is 4.79 Å². The Balaban J connectivity index is 2.56. The lowest BCUT2D eigenvalue weighted by molar-refractivity contribution is -0.121. The highest BCUT2D eigenvalue weighted by molar-refractivity contribution is 5.94. The van der Waals surface area contributed by atoms with E-state index in [0.29, 0.717) is 0 Å². The lowest BCUT2D eigenvalue weighted by Crippen LogP contribution is -2.31. The van der Waals surface area contributed by atoms with E-state index in [4.69, 9.17) is 5.73 Å². The molecule has 0 aliphatic heterocycles. The average Bonchev–Trinajstić information content (AvgIpc) is 2.45. The van der Waals surface area contributed by atoms with Crippen molar-refractivity contribution in [3.63, 3.8) is 0 Å². The first-order valence-electron chi connectivity index (χ1n) is 7.57. The van der Waals surface area contributed by atoms with Crippen LogP contribution in [0.15, 0.2) is 24.3 Å². The maximum Gasteiger partial charge on any atom is 0.229 e. The molecule has 0 fully saturated rings. The van der Waals surface area contributed by atoms with Gasteiger partial charge in [0.2, 0.25) is 5.91 Å². The smallest absolute Gasteiger partial charge is 0.229 e. The topological polar surface area (TPSA) is 46.3 Å². The van der Waals surface area contributed by atoms with Gasteiger partial charge in [-0.2, -0.15) is 0 Å². The minimum Gasteiger partial charge on any atom is -0.328 e. The number of hydrogen-bond donors (Lipinski definition) is 1. The van der Waals surface area contributed by atoms with Crippen LogP contribution in [-0.4, -0.2) is 19.0 Å². The number of carbonyl (C=O) groups excluding carboxylic acids is 1. The molecule has 20 heavy (non-hydrogen) atoms. The van der Waals surface area contributed by atoms with Crippen LogP contribution >= 0.6 is 0 Å². The van der Waals surface area contributed by atoms with Crippen molar-refractivity contribution in [2.45, 2.75) is 52.5 Å². The van der Waals surface area contributed by atoms with Crippen LogP contribution in [0.25, 0.3) is 0 Å². The fourth-order valence-corrected chi connectivity index (χ4v) is 2.28. The Kier molecular flexibility index (Phi) is 6.73. The lowest BCUT2D eigenvalue weighted by Gasteiger charge is -2.22. The van der Waals surface area contributed by atoms with Gasteiger partial charge in [0.25, 0.3) is 0 Å². The van der Waals surface area contributed by atoms with Crippen molar-refractivity contribution in [1.82, 2.24) is 0 Å². The Hall–Kier alpha value is -1.35. The first kappa shape index (κ1) is 16.7. The number of nitrogens with two attached hydrogens (primary N) is 1. The van der Waals surface area contributed by atoms with Gasteiger partial charge in [-0.3, -0.25) is 4.79 Å². The second-order valence-corrected chi connectivity index (χ2v) is 5.73. The van der Waals surface area contributed by atoms with E-state index in [0.717, 1.165) is 31.4 Å². The van der Waals surface area contributed by atoms with Crippen molar-refractivity contribution < 1.29 is 4.79 Å². The molecule has 0 radical (unpaired) electrons.